The van der Waals surface area contributed by atoms with Crippen LogP contribution >= 0.6 is 0 Å². The first kappa shape index (κ1) is 34.2. The maximum absolute atomic E-state index is 11.6. The third kappa shape index (κ3) is 12.8. The van der Waals surface area contributed by atoms with Crippen LogP contribution in [-0.2, 0) is 27.9 Å². The van der Waals surface area contributed by atoms with E-state index in [1.807, 2.05) is 84.4 Å². The summed E-state index contributed by atoms with van der Waals surface area (Å²) in [7, 11) is 3.58. The summed E-state index contributed by atoms with van der Waals surface area (Å²) in [6, 6.07) is 6.15. The molecular weight excluding hydrogens is 466 g/mol. The average Bonchev–Trinajstić information content (AvgIpc) is 3.29. The maximum atomic E-state index is 11.6. The fraction of sp³-hybridized carbons (Fsp3) is 0.600. The normalized spacial score (nSPS) is 17.5. The average molecular weight is 518 g/mol. The van der Waals surface area contributed by atoms with E-state index in [9.17, 15) is 4.79 Å². The minimum absolute atomic E-state index is 0.0844. The van der Waals surface area contributed by atoms with Crippen molar-refractivity contribution >= 4 is 16.9 Å². The molecule has 1 aliphatic carbocycles. The SMILES string of the molecule is C/C=C(\C)C(=O)NC1CCCC(C)C1.CC.CCO/C(C)=C(/C)OC.Cn1cnc2ccc(CO)cc21. The van der Waals surface area contributed by atoms with Gasteiger partial charge in [0.15, 0.2) is 0 Å². The molecule has 1 aromatic heterocycles. The summed E-state index contributed by atoms with van der Waals surface area (Å²) in [4.78, 5) is 15.7. The van der Waals surface area contributed by atoms with Crippen molar-refractivity contribution in [3.05, 3.63) is 53.3 Å². The number of aryl methyl sites for hydroxylation is 1. The van der Waals surface area contributed by atoms with Crippen LogP contribution in [0.4, 0.5) is 0 Å². The van der Waals surface area contributed by atoms with E-state index in [0.29, 0.717) is 12.6 Å². The lowest BCUT2D eigenvalue weighted by atomic mass is 9.87. The highest BCUT2D eigenvalue weighted by Gasteiger charge is 2.20. The highest BCUT2D eigenvalue weighted by atomic mass is 16.5. The summed E-state index contributed by atoms with van der Waals surface area (Å²) in [5, 5.41) is 12.0. The van der Waals surface area contributed by atoms with Gasteiger partial charge in [0.1, 0.15) is 11.5 Å². The number of ether oxygens (including phenoxy) is 2. The zero-order valence-corrected chi connectivity index (χ0v) is 24.9. The Labute approximate surface area is 225 Å². The van der Waals surface area contributed by atoms with E-state index in [1.165, 1.54) is 12.8 Å². The van der Waals surface area contributed by atoms with Crippen molar-refractivity contribution in [3.63, 3.8) is 0 Å². The number of methoxy groups -OCH3 is 1. The number of hydrogen-bond donors (Lipinski definition) is 2. The first-order chi connectivity index (χ1) is 17.7. The fourth-order valence-electron chi connectivity index (χ4n) is 3.73. The van der Waals surface area contributed by atoms with Crippen LogP contribution in [0.15, 0.2) is 47.7 Å². The summed E-state index contributed by atoms with van der Waals surface area (Å²) in [5.74, 6) is 2.57. The molecule has 1 saturated carbocycles. The van der Waals surface area contributed by atoms with Gasteiger partial charge in [-0.15, -0.1) is 0 Å². The lowest BCUT2D eigenvalue weighted by molar-refractivity contribution is -0.118. The Balaban J connectivity index is 0.000000519. The van der Waals surface area contributed by atoms with Crippen LogP contribution in [-0.4, -0.2) is 40.3 Å². The van der Waals surface area contributed by atoms with E-state index in [-0.39, 0.29) is 12.5 Å². The van der Waals surface area contributed by atoms with Gasteiger partial charge in [-0.1, -0.05) is 45.8 Å². The molecule has 1 aliphatic rings. The predicted octanol–water partition coefficient (Wildman–Crippen LogP) is 6.66. The second kappa shape index (κ2) is 19.3. The zero-order chi connectivity index (χ0) is 28.4. The third-order valence-corrected chi connectivity index (χ3v) is 6.20. The summed E-state index contributed by atoms with van der Waals surface area (Å²) in [5.41, 5.74) is 3.77. The number of fused-ring (bicyclic) bond motifs is 1. The van der Waals surface area contributed by atoms with E-state index in [4.69, 9.17) is 14.6 Å². The number of benzene rings is 1. The molecule has 0 spiro atoms. The monoisotopic (exact) mass is 517 g/mol. The molecule has 1 fully saturated rings. The summed E-state index contributed by atoms with van der Waals surface area (Å²) < 4.78 is 12.0. The van der Waals surface area contributed by atoms with Crippen molar-refractivity contribution in [2.75, 3.05) is 13.7 Å². The second-order valence-electron chi connectivity index (χ2n) is 9.00. The van der Waals surface area contributed by atoms with E-state index in [0.717, 1.165) is 52.4 Å². The molecule has 2 aromatic rings. The molecule has 210 valence electrons. The number of imidazole rings is 1. The number of hydrogen-bond acceptors (Lipinski definition) is 5. The molecule has 7 nitrogen and oxygen atoms in total. The number of rotatable bonds is 6. The van der Waals surface area contributed by atoms with Crippen molar-refractivity contribution in [3.8, 4) is 0 Å². The van der Waals surface area contributed by atoms with Gasteiger partial charge in [-0.05, 0) is 71.1 Å². The van der Waals surface area contributed by atoms with Gasteiger partial charge >= 0.3 is 0 Å². The van der Waals surface area contributed by atoms with Gasteiger partial charge in [-0.2, -0.15) is 0 Å². The van der Waals surface area contributed by atoms with Crippen molar-refractivity contribution < 1.29 is 19.4 Å². The smallest absolute Gasteiger partial charge is 0.246 e. The van der Waals surface area contributed by atoms with Crippen LogP contribution in [0.1, 0.15) is 86.6 Å². The first-order valence-electron chi connectivity index (χ1n) is 13.5. The number of carbonyl (C=O) groups excluding carboxylic acids is 1. The highest BCUT2D eigenvalue weighted by Crippen LogP contribution is 2.23. The molecule has 2 atom stereocenters. The Morgan fingerprint density at radius 2 is 1.89 bits per heavy atom. The molecule has 0 radical (unpaired) electrons. The molecule has 0 aliphatic heterocycles. The number of aliphatic hydroxyl groups excluding tert-OH is 1. The Hall–Kier alpha value is -2.80. The van der Waals surface area contributed by atoms with Gasteiger partial charge in [-0.3, -0.25) is 4.79 Å². The zero-order valence-electron chi connectivity index (χ0n) is 24.9. The third-order valence-electron chi connectivity index (χ3n) is 6.20. The molecule has 1 aromatic carbocycles. The molecule has 37 heavy (non-hydrogen) atoms. The van der Waals surface area contributed by atoms with Crippen LogP contribution in [0.5, 0.6) is 0 Å². The second-order valence-corrected chi connectivity index (χ2v) is 9.00. The lowest BCUT2D eigenvalue weighted by Crippen LogP contribution is -2.38. The number of carbonyl (C=O) groups is 1. The highest BCUT2D eigenvalue weighted by molar-refractivity contribution is 5.92. The largest absolute Gasteiger partial charge is 0.498 e. The molecule has 7 heteroatoms. The van der Waals surface area contributed by atoms with Crippen LogP contribution in [0.3, 0.4) is 0 Å². The van der Waals surface area contributed by atoms with E-state index in [2.05, 4.69) is 17.2 Å². The number of allylic oxidation sites excluding steroid dienone is 3. The van der Waals surface area contributed by atoms with Crippen LogP contribution in [0.25, 0.3) is 11.0 Å². The Morgan fingerprint density at radius 1 is 1.22 bits per heavy atom. The molecule has 2 N–H and O–H groups in total. The molecule has 2 unspecified atom stereocenters. The number of nitrogens with zero attached hydrogens (tertiary/aromatic N) is 2. The van der Waals surface area contributed by atoms with E-state index in [1.54, 1.807) is 13.4 Å². The minimum Gasteiger partial charge on any atom is -0.498 e. The van der Waals surface area contributed by atoms with Crippen molar-refractivity contribution in [2.45, 2.75) is 93.7 Å². The van der Waals surface area contributed by atoms with Crippen molar-refractivity contribution in [1.29, 1.82) is 0 Å². The van der Waals surface area contributed by atoms with Gasteiger partial charge in [0.2, 0.25) is 5.91 Å². The number of nitrogens with one attached hydrogen (secondary N) is 1. The number of aliphatic hydroxyl groups is 1. The fourth-order valence-corrected chi connectivity index (χ4v) is 3.73. The summed E-state index contributed by atoms with van der Waals surface area (Å²) >= 11 is 0. The van der Waals surface area contributed by atoms with Gasteiger partial charge < -0.3 is 24.5 Å². The minimum atomic E-state index is 0.0844. The predicted molar refractivity (Wildman–Crippen MR) is 154 cm³/mol. The van der Waals surface area contributed by atoms with E-state index >= 15 is 0 Å². The van der Waals surface area contributed by atoms with Gasteiger partial charge in [0, 0.05) is 18.7 Å². The van der Waals surface area contributed by atoms with Crippen LogP contribution in [0, 0.1) is 5.92 Å². The Bertz CT molecular complexity index is 978. The molecule has 1 heterocycles. The summed E-state index contributed by atoms with van der Waals surface area (Å²) in [6.07, 6.45) is 8.49. The number of amides is 1. The maximum Gasteiger partial charge on any atom is 0.246 e. The standard InChI is InChI=1S/C12H21NO.C9H10N2O.C7H14O2.C2H6/c1-4-10(3)12(14)13-11-7-5-6-9(2)8-11;1-11-6-10-8-3-2-7(5-12)4-9(8)11;1-5-9-7(3)6(2)8-4;1-2/h4,9,11H,5-8H2,1-3H3,(H,13,14);2-4,6,12H,5H2,1H3;5H2,1-4H3;1-2H3/b10-4+;;7-6-;. The molecular formula is C30H51N3O4. The van der Waals surface area contributed by atoms with Crippen molar-refractivity contribution in [1.82, 2.24) is 14.9 Å². The Kier molecular flexibility index (Phi) is 17.9. The summed E-state index contributed by atoms with van der Waals surface area (Å²) in [6.45, 7) is 16.5. The number of aromatic nitrogens is 2. The van der Waals surface area contributed by atoms with E-state index < -0.39 is 0 Å². The molecule has 0 bridgehead atoms. The van der Waals surface area contributed by atoms with Gasteiger partial charge in [-0.25, -0.2) is 4.98 Å². The van der Waals surface area contributed by atoms with Gasteiger partial charge in [0.25, 0.3) is 0 Å². The van der Waals surface area contributed by atoms with Crippen LogP contribution in [0.2, 0.25) is 0 Å². The molecule has 1 amide bonds. The quantitative estimate of drug-likeness (QED) is 0.331. The lowest BCUT2D eigenvalue weighted by Gasteiger charge is -2.27. The van der Waals surface area contributed by atoms with Gasteiger partial charge in [0.05, 0.1) is 37.7 Å². The molecule has 0 saturated heterocycles. The topological polar surface area (TPSA) is 85.6 Å². The van der Waals surface area contributed by atoms with Crippen LogP contribution < -0.4 is 5.32 Å². The van der Waals surface area contributed by atoms with Crippen molar-refractivity contribution in [2.24, 2.45) is 13.0 Å². The first-order valence-corrected chi connectivity index (χ1v) is 13.5. The Morgan fingerprint density at radius 3 is 2.43 bits per heavy atom. The molecule has 3 rings (SSSR count).